The van der Waals surface area contributed by atoms with Crippen LogP contribution < -0.4 is 0 Å². The van der Waals surface area contributed by atoms with E-state index < -0.39 is 0 Å². The highest BCUT2D eigenvalue weighted by molar-refractivity contribution is 5.31. The zero-order valence-electron chi connectivity index (χ0n) is 13.3. The summed E-state index contributed by atoms with van der Waals surface area (Å²) in [6, 6.07) is 0. The Morgan fingerprint density at radius 1 is 1.42 bits per heavy atom. The minimum Gasteiger partial charge on any atom is -0.490 e. The molecule has 19 heavy (non-hydrogen) atoms. The van der Waals surface area contributed by atoms with Crippen molar-refractivity contribution in [3.05, 3.63) is 47.8 Å². The van der Waals surface area contributed by atoms with Crippen molar-refractivity contribution in [2.24, 2.45) is 11.3 Å². The number of allylic oxidation sites excluding steroid dienone is 5. The molecule has 106 valence electrons. The van der Waals surface area contributed by atoms with E-state index in [-0.39, 0.29) is 11.5 Å². The van der Waals surface area contributed by atoms with Gasteiger partial charge in [0, 0.05) is 5.92 Å². The van der Waals surface area contributed by atoms with E-state index in [0.717, 1.165) is 17.8 Å². The Hall–Kier alpha value is -1.24. The van der Waals surface area contributed by atoms with E-state index in [1.807, 2.05) is 13.0 Å². The number of rotatable bonds is 4. The number of ether oxygens (including phenoxy) is 1. The van der Waals surface area contributed by atoms with E-state index in [0.29, 0.717) is 5.92 Å². The molecule has 0 aromatic carbocycles. The van der Waals surface area contributed by atoms with Crippen LogP contribution in [0.1, 0.15) is 48.0 Å². The highest BCUT2D eigenvalue weighted by atomic mass is 16.5. The fourth-order valence-corrected chi connectivity index (χ4v) is 2.09. The smallest absolute Gasteiger partial charge is 0.123 e. The predicted molar refractivity (Wildman–Crippen MR) is 83.9 cm³/mol. The van der Waals surface area contributed by atoms with Crippen molar-refractivity contribution in [3.63, 3.8) is 0 Å². The summed E-state index contributed by atoms with van der Waals surface area (Å²) in [6.07, 6.45) is 9.83. The van der Waals surface area contributed by atoms with Crippen molar-refractivity contribution >= 4 is 0 Å². The Morgan fingerprint density at radius 2 is 2.05 bits per heavy atom. The number of hydrogen-bond donors (Lipinski definition) is 0. The molecule has 0 fully saturated rings. The van der Waals surface area contributed by atoms with Crippen LogP contribution in [0.5, 0.6) is 0 Å². The lowest BCUT2D eigenvalue weighted by molar-refractivity contribution is 0.124. The van der Waals surface area contributed by atoms with Crippen LogP contribution in [0.2, 0.25) is 0 Å². The van der Waals surface area contributed by atoms with Crippen LogP contribution in [0.15, 0.2) is 47.8 Å². The van der Waals surface area contributed by atoms with Crippen molar-refractivity contribution in [3.8, 4) is 0 Å². The minimum atomic E-state index is 0.131. The van der Waals surface area contributed by atoms with Gasteiger partial charge >= 0.3 is 0 Å². The fourth-order valence-electron chi connectivity index (χ4n) is 2.09. The van der Waals surface area contributed by atoms with Gasteiger partial charge in [-0.15, -0.1) is 0 Å². The zero-order valence-corrected chi connectivity index (χ0v) is 13.3. The second-order valence-corrected chi connectivity index (χ2v) is 6.44. The summed E-state index contributed by atoms with van der Waals surface area (Å²) in [7, 11) is 0. The molecule has 0 aromatic heterocycles. The normalized spacial score (nSPS) is 24.1. The Kier molecular flexibility index (Phi) is 5.22. The van der Waals surface area contributed by atoms with Crippen LogP contribution in [-0.2, 0) is 4.74 Å². The van der Waals surface area contributed by atoms with Crippen molar-refractivity contribution in [1.29, 1.82) is 0 Å². The maximum absolute atomic E-state index is 6.01. The van der Waals surface area contributed by atoms with E-state index in [9.17, 15) is 0 Å². The lowest BCUT2D eigenvalue weighted by Crippen LogP contribution is -2.23. The summed E-state index contributed by atoms with van der Waals surface area (Å²) in [5, 5.41) is 0. The average molecular weight is 260 g/mol. The molecule has 0 bridgehead atoms. The van der Waals surface area contributed by atoms with Gasteiger partial charge in [-0.25, -0.2) is 0 Å². The average Bonchev–Trinajstić information content (AvgIpc) is 2.30. The first-order valence-corrected chi connectivity index (χ1v) is 7.17. The molecule has 0 spiro atoms. The lowest BCUT2D eigenvalue weighted by atomic mass is 9.80. The van der Waals surface area contributed by atoms with E-state index in [1.54, 1.807) is 0 Å². The quantitative estimate of drug-likeness (QED) is 0.484. The molecule has 0 saturated carbocycles. The molecule has 0 heterocycles. The molecule has 0 radical (unpaired) electrons. The van der Waals surface area contributed by atoms with Crippen molar-refractivity contribution < 1.29 is 4.74 Å². The van der Waals surface area contributed by atoms with Gasteiger partial charge in [0.1, 0.15) is 6.10 Å². The molecule has 0 aromatic rings. The predicted octanol–water partition coefficient (Wildman–Crippen LogP) is 5.42. The fraction of sp³-hybridized carbons (Fsp3) is 0.556. The summed E-state index contributed by atoms with van der Waals surface area (Å²) in [5.74, 6) is 1.35. The van der Waals surface area contributed by atoms with Gasteiger partial charge in [-0.3, -0.25) is 0 Å². The van der Waals surface area contributed by atoms with Crippen LogP contribution in [0.3, 0.4) is 0 Å². The Labute approximate surface area is 118 Å². The molecule has 2 unspecified atom stereocenters. The van der Waals surface area contributed by atoms with Gasteiger partial charge < -0.3 is 4.74 Å². The van der Waals surface area contributed by atoms with Gasteiger partial charge in [-0.2, -0.15) is 0 Å². The Balaban J connectivity index is 2.71. The molecule has 1 aliphatic carbocycles. The first-order chi connectivity index (χ1) is 8.74. The summed E-state index contributed by atoms with van der Waals surface area (Å²) < 4.78 is 6.01. The maximum atomic E-state index is 6.01. The second-order valence-electron chi connectivity index (χ2n) is 6.44. The van der Waals surface area contributed by atoms with Crippen LogP contribution >= 0.6 is 0 Å². The maximum Gasteiger partial charge on any atom is 0.123 e. The molecular formula is C18H28O. The van der Waals surface area contributed by atoms with E-state index in [1.165, 1.54) is 5.57 Å². The third kappa shape index (κ3) is 4.74. The highest BCUT2D eigenvalue weighted by Crippen LogP contribution is 2.32. The summed E-state index contributed by atoms with van der Waals surface area (Å²) in [4.78, 5) is 0. The molecule has 0 N–H and O–H groups in total. The SMILES string of the molecule is C=C(/C=C(\C)OC1C=CC(C(C)(C)C)=CC1C)CC. The molecule has 1 aliphatic rings. The van der Waals surface area contributed by atoms with Crippen LogP contribution in [-0.4, -0.2) is 6.10 Å². The molecule has 1 heteroatoms. The zero-order chi connectivity index (χ0) is 14.6. The molecule has 1 nitrogen and oxygen atoms in total. The van der Waals surface area contributed by atoms with Crippen LogP contribution in [0.25, 0.3) is 0 Å². The molecule has 2 atom stereocenters. The topological polar surface area (TPSA) is 9.23 Å². The molecule has 0 amide bonds. The van der Waals surface area contributed by atoms with Crippen LogP contribution in [0, 0.1) is 11.3 Å². The standard InChI is InChI=1S/C18H28O/c1-8-13(2)11-15(4)19-17-10-9-16(12-14(17)3)18(5,6)7/h9-12,14,17H,2,8H2,1,3-7H3/b15-11+. The molecule has 0 saturated heterocycles. The van der Waals surface area contributed by atoms with Crippen molar-refractivity contribution in [2.75, 3.05) is 0 Å². The number of hydrogen-bond acceptors (Lipinski definition) is 1. The molecule has 1 rings (SSSR count). The van der Waals surface area contributed by atoms with Gasteiger partial charge in [0.2, 0.25) is 0 Å². The summed E-state index contributed by atoms with van der Waals surface area (Å²) in [5.41, 5.74) is 2.70. The third-order valence-corrected chi connectivity index (χ3v) is 3.48. The van der Waals surface area contributed by atoms with Gasteiger partial charge in [-0.05, 0) is 36.5 Å². The monoisotopic (exact) mass is 260 g/mol. The van der Waals surface area contributed by atoms with Gasteiger partial charge in [0.25, 0.3) is 0 Å². The highest BCUT2D eigenvalue weighted by Gasteiger charge is 2.23. The van der Waals surface area contributed by atoms with Gasteiger partial charge in [0.15, 0.2) is 0 Å². The Bertz CT molecular complexity index is 415. The largest absolute Gasteiger partial charge is 0.490 e. The second kappa shape index (κ2) is 6.27. The Morgan fingerprint density at radius 3 is 2.53 bits per heavy atom. The molecule has 0 aliphatic heterocycles. The summed E-state index contributed by atoms with van der Waals surface area (Å²) in [6.45, 7) is 17.0. The van der Waals surface area contributed by atoms with Crippen LogP contribution in [0.4, 0.5) is 0 Å². The first kappa shape index (κ1) is 15.8. The van der Waals surface area contributed by atoms with Crippen molar-refractivity contribution in [1.82, 2.24) is 0 Å². The van der Waals surface area contributed by atoms with E-state index in [4.69, 9.17) is 4.74 Å². The van der Waals surface area contributed by atoms with E-state index in [2.05, 4.69) is 59.4 Å². The van der Waals surface area contributed by atoms with Gasteiger partial charge in [0.05, 0.1) is 5.76 Å². The summed E-state index contributed by atoms with van der Waals surface area (Å²) >= 11 is 0. The van der Waals surface area contributed by atoms with Crippen molar-refractivity contribution in [2.45, 2.75) is 54.1 Å². The van der Waals surface area contributed by atoms with Gasteiger partial charge in [-0.1, -0.05) is 58.9 Å². The first-order valence-electron chi connectivity index (χ1n) is 7.17. The molecular weight excluding hydrogens is 232 g/mol. The lowest BCUT2D eigenvalue weighted by Gasteiger charge is -2.29. The van der Waals surface area contributed by atoms with E-state index >= 15 is 0 Å². The minimum absolute atomic E-state index is 0.131. The third-order valence-electron chi connectivity index (χ3n) is 3.48.